The van der Waals surface area contributed by atoms with Crippen LogP contribution in [0.15, 0.2) is 30.6 Å². The maximum atomic E-state index is 12.2. The lowest BCUT2D eigenvalue weighted by molar-refractivity contribution is -0.137. The number of carbonyl (C=O) groups is 2. The maximum Gasteiger partial charge on any atom is 0.325 e. The van der Waals surface area contributed by atoms with Crippen molar-refractivity contribution in [3.05, 3.63) is 41.7 Å². The Labute approximate surface area is 126 Å². The van der Waals surface area contributed by atoms with E-state index in [9.17, 15) is 9.59 Å². The van der Waals surface area contributed by atoms with Crippen molar-refractivity contribution in [3.63, 3.8) is 0 Å². The summed E-state index contributed by atoms with van der Waals surface area (Å²) in [6.07, 6.45) is 3.80. The van der Waals surface area contributed by atoms with Crippen molar-refractivity contribution in [2.45, 2.75) is 26.0 Å². The number of anilines is 1. The zero-order chi connectivity index (χ0) is 15.7. The molecule has 1 aliphatic heterocycles. The molecule has 1 atom stereocenters. The van der Waals surface area contributed by atoms with Gasteiger partial charge in [-0.25, -0.2) is 0 Å². The number of carboxylic acids is 1. The summed E-state index contributed by atoms with van der Waals surface area (Å²) in [6.45, 7) is 1.74. The Morgan fingerprint density at radius 3 is 3.09 bits per heavy atom. The van der Waals surface area contributed by atoms with Gasteiger partial charge in [0.2, 0.25) is 0 Å². The predicted octanol–water partition coefficient (Wildman–Crippen LogP) is 1.54. The van der Waals surface area contributed by atoms with Crippen LogP contribution in [-0.2, 0) is 17.8 Å². The lowest BCUT2D eigenvalue weighted by Crippen LogP contribution is -2.12. The molecule has 0 saturated carbocycles. The van der Waals surface area contributed by atoms with Crippen LogP contribution in [0.25, 0.3) is 0 Å². The summed E-state index contributed by atoms with van der Waals surface area (Å²) in [5.74, 6) is -0.440. The highest BCUT2D eigenvalue weighted by Crippen LogP contribution is 2.29. The van der Waals surface area contributed by atoms with Crippen LogP contribution in [0.5, 0.6) is 5.75 Å². The largest absolute Gasteiger partial charge is 0.490 e. The van der Waals surface area contributed by atoms with Crippen molar-refractivity contribution in [2.24, 2.45) is 0 Å². The highest BCUT2D eigenvalue weighted by atomic mass is 16.5. The van der Waals surface area contributed by atoms with E-state index in [4.69, 9.17) is 9.84 Å². The molecular formula is C15H15N3O4. The molecule has 0 bridgehead atoms. The Balaban J connectivity index is 1.71. The van der Waals surface area contributed by atoms with Crippen molar-refractivity contribution in [3.8, 4) is 5.75 Å². The van der Waals surface area contributed by atoms with Crippen LogP contribution < -0.4 is 10.1 Å². The minimum Gasteiger partial charge on any atom is -0.490 e. The van der Waals surface area contributed by atoms with E-state index < -0.39 is 5.97 Å². The van der Waals surface area contributed by atoms with E-state index in [1.165, 1.54) is 17.1 Å². The second-order valence-electron chi connectivity index (χ2n) is 5.23. The van der Waals surface area contributed by atoms with Crippen LogP contribution >= 0.6 is 0 Å². The summed E-state index contributed by atoms with van der Waals surface area (Å²) in [7, 11) is 0. The van der Waals surface area contributed by atoms with Crippen molar-refractivity contribution in [1.29, 1.82) is 0 Å². The average molecular weight is 301 g/mol. The zero-order valence-corrected chi connectivity index (χ0v) is 11.9. The minimum atomic E-state index is -0.992. The van der Waals surface area contributed by atoms with Gasteiger partial charge in [-0.1, -0.05) is 0 Å². The number of nitrogens with zero attached hydrogens (tertiary/aromatic N) is 2. The number of hydrogen-bond acceptors (Lipinski definition) is 4. The van der Waals surface area contributed by atoms with Gasteiger partial charge in [-0.15, -0.1) is 0 Å². The van der Waals surface area contributed by atoms with Crippen molar-refractivity contribution in [2.75, 3.05) is 5.32 Å². The van der Waals surface area contributed by atoms with E-state index in [1.807, 2.05) is 13.0 Å². The summed E-state index contributed by atoms with van der Waals surface area (Å²) >= 11 is 0. The summed E-state index contributed by atoms with van der Waals surface area (Å²) in [5, 5.41) is 15.3. The summed E-state index contributed by atoms with van der Waals surface area (Å²) in [6, 6.07) is 5.31. The first-order chi connectivity index (χ1) is 10.5. The zero-order valence-electron chi connectivity index (χ0n) is 11.9. The number of ether oxygens (including phenoxy) is 1. The van der Waals surface area contributed by atoms with E-state index >= 15 is 0 Å². The smallest absolute Gasteiger partial charge is 0.325 e. The first kappa shape index (κ1) is 14.1. The lowest BCUT2D eigenvalue weighted by atomic mass is 10.1. The van der Waals surface area contributed by atoms with Crippen molar-refractivity contribution >= 4 is 17.6 Å². The fourth-order valence-corrected chi connectivity index (χ4v) is 2.42. The Bertz CT molecular complexity index is 738. The first-order valence-electron chi connectivity index (χ1n) is 6.86. The Morgan fingerprint density at radius 1 is 1.50 bits per heavy atom. The van der Waals surface area contributed by atoms with Gasteiger partial charge in [0.15, 0.2) is 0 Å². The number of rotatable bonds is 4. The number of aliphatic carboxylic acids is 1. The number of aromatic nitrogens is 2. The Hall–Kier alpha value is -2.83. The first-order valence-corrected chi connectivity index (χ1v) is 6.86. The molecule has 2 heterocycles. The van der Waals surface area contributed by atoms with Gasteiger partial charge < -0.3 is 15.2 Å². The highest BCUT2D eigenvalue weighted by Gasteiger charge is 2.20. The van der Waals surface area contributed by atoms with Gasteiger partial charge in [-0.2, -0.15) is 5.10 Å². The van der Waals surface area contributed by atoms with Gasteiger partial charge in [0.25, 0.3) is 5.91 Å². The van der Waals surface area contributed by atoms with Crippen molar-refractivity contribution in [1.82, 2.24) is 9.78 Å². The molecule has 22 heavy (non-hydrogen) atoms. The van der Waals surface area contributed by atoms with E-state index in [1.54, 1.807) is 12.1 Å². The van der Waals surface area contributed by atoms with Gasteiger partial charge in [0.05, 0.1) is 11.9 Å². The fraction of sp³-hybridized carbons (Fsp3) is 0.267. The molecule has 7 nitrogen and oxygen atoms in total. The molecule has 7 heteroatoms. The third-order valence-corrected chi connectivity index (χ3v) is 3.35. The number of carbonyl (C=O) groups excluding carboxylic acids is 1. The molecular weight excluding hydrogens is 286 g/mol. The van der Waals surface area contributed by atoms with Gasteiger partial charge in [0, 0.05) is 18.2 Å². The summed E-state index contributed by atoms with van der Waals surface area (Å²) < 4.78 is 6.85. The molecule has 1 amide bonds. The summed E-state index contributed by atoms with van der Waals surface area (Å²) in [5.41, 5.74) is 2.00. The molecule has 0 spiro atoms. The van der Waals surface area contributed by atoms with Crippen LogP contribution in [0.1, 0.15) is 22.8 Å². The Kier molecular flexibility index (Phi) is 3.54. The SMILES string of the molecule is CC1Cc2cc(C(=O)Nc3cnn(CC(=O)O)c3)ccc2O1. The van der Waals surface area contributed by atoms with E-state index in [0.717, 1.165) is 17.7 Å². The number of nitrogens with one attached hydrogen (secondary N) is 1. The number of carboxylic acid groups (broad SMARTS) is 1. The molecule has 1 aromatic carbocycles. The quantitative estimate of drug-likeness (QED) is 0.893. The average Bonchev–Trinajstić information content (AvgIpc) is 3.02. The maximum absolute atomic E-state index is 12.2. The second kappa shape index (κ2) is 5.51. The van der Waals surface area contributed by atoms with E-state index in [0.29, 0.717) is 11.3 Å². The molecule has 0 aliphatic carbocycles. The van der Waals surface area contributed by atoms with Crippen LogP contribution in [0, 0.1) is 0 Å². The standard InChI is InChI=1S/C15H15N3O4/c1-9-4-11-5-10(2-3-13(11)22-9)15(21)17-12-6-16-18(7-12)8-14(19)20/h2-3,5-7,9H,4,8H2,1H3,(H,17,21)(H,19,20). The molecule has 2 N–H and O–H groups in total. The van der Waals surface area contributed by atoms with Gasteiger partial charge >= 0.3 is 5.97 Å². The third-order valence-electron chi connectivity index (χ3n) is 3.35. The molecule has 0 radical (unpaired) electrons. The van der Waals surface area contributed by atoms with Crippen LogP contribution in [0.2, 0.25) is 0 Å². The molecule has 114 valence electrons. The van der Waals surface area contributed by atoms with E-state index in [-0.39, 0.29) is 18.6 Å². The third kappa shape index (κ3) is 2.93. The number of amides is 1. The number of benzene rings is 1. The van der Waals surface area contributed by atoms with Gasteiger partial charge in [-0.05, 0) is 30.7 Å². The molecule has 0 fully saturated rings. The lowest BCUT2D eigenvalue weighted by Gasteiger charge is -2.05. The van der Waals surface area contributed by atoms with E-state index in [2.05, 4.69) is 10.4 Å². The molecule has 2 aromatic rings. The molecule has 1 unspecified atom stereocenters. The fourth-order valence-electron chi connectivity index (χ4n) is 2.42. The minimum absolute atomic E-state index is 0.127. The molecule has 1 aliphatic rings. The number of hydrogen-bond donors (Lipinski definition) is 2. The predicted molar refractivity (Wildman–Crippen MR) is 78.1 cm³/mol. The molecule has 0 saturated heterocycles. The van der Waals surface area contributed by atoms with Crippen LogP contribution in [-0.4, -0.2) is 32.9 Å². The van der Waals surface area contributed by atoms with Crippen LogP contribution in [0.3, 0.4) is 0 Å². The molecule has 1 aromatic heterocycles. The Morgan fingerprint density at radius 2 is 2.32 bits per heavy atom. The van der Waals surface area contributed by atoms with Crippen molar-refractivity contribution < 1.29 is 19.4 Å². The number of fused-ring (bicyclic) bond motifs is 1. The van der Waals surface area contributed by atoms with Gasteiger partial charge in [-0.3, -0.25) is 14.3 Å². The monoisotopic (exact) mass is 301 g/mol. The summed E-state index contributed by atoms with van der Waals surface area (Å²) in [4.78, 5) is 22.8. The topological polar surface area (TPSA) is 93.5 Å². The second-order valence-corrected chi connectivity index (χ2v) is 5.23. The van der Waals surface area contributed by atoms with Crippen LogP contribution in [0.4, 0.5) is 5.69 Å². The highest BCUT2D eigenvalue weighted by molar-refractivity contribution is 6.04. The molecule has 3 rings (SSSR count). The van der Waals surface area contributed by atoms with Gasteiger partial charge in [0.1, 0.15) is 18.4 Å². The normalized spacial score (nSPS) is 16.0.